The predicted molar refractivity (Wildman–Crippen MR) is 182 cm³/mol. The van der Waals surface area contributed by atoms with Crippen LogP contribution in [0.3, 0.4) is 0 Å². The van der Waals surface area contributed by atoms with Gasteiger partial charge in [0.2, 0.25) is 0 Å². The SMILES string of the molecule is FC(F)(F)c1cc(C2=C(/C=C/C(=C/[CH2][Pb])c3ccccc3[SH2+])CCC/C2=C\C=C2/C=[C]([Pb])Sc3ccccc32)cc(C(F)(F)F)c1. The third-order valence-electron chi connectivity index (χ3n) is 7.60. The molecule has 0 bridgehead atoms. The van der Waals surface area contributed by atoms with E-state index >= 15 is 0 Å². The molecule has 2 aliphatic rings. The normalized spacial score (nSPS) is 18.0. The van der Waals surface area contributed by atoms with E-state index in [-0.39, 0.29) is 11.6 Å². The van der Waals surface area contributed by atoms with Crippen LogP contribution in [0.25, 0.3) is 16.7 Å². The fourth-order valence-corrected chi connectivity index (χ4v) is 9.45. The molecule has 1 aliphatic heterocycles. The van der Waals surface area contributed by atoms with Crippen molar-refractivity contribution in [3.63, 3.8) is 0 Å². The average molecular weight is 1050 g/mol. The molecule has 0 saturated carbocycles. The summed E-state index contributed by atoms with van der Waals surface area (Å²) >= 11 is 7.17. The van der Waals surface area contributed by atoms with Crippen molar-refractivity contribution >= 4 is 92.6 Å². The van der Waals surface area contributed by atoms with Crippen molar-refractivity contribution in [3.8, 4) is 0 Å². The number of hydrogen-bond acceptors (Lipinski definition) is 1. The molecule has 0 spiro atoms. The van der Waals surface area contributed by atoms with Gasteiger partial charge in [-0.25, -0.2) is 0 Å². The van der Waals surface area contributed by atoms with Crippen LogP contribution in [-0.4, -0.2) is 51.5 Å². The van der Waals surface area contributed by atoms with Crippen molar-refractivity contribution in [2.75, 3.05) is 0 Å². The van der Waals surface area contributed by atoms with Crippen LogP contribution < -0.4 is 0 Å². The second-order valence-corrected chi connectivity index (χ2v) is 17.4. The molecule has 3 aromatic rings. The van der Waals surface area contributed by atoms with Gasteiger partial charge in [0.05, 0.1) is 0 Å². The molecule has 0 aromatic heterocycles. The molecule has 1 aliphatic carbocycles. The quantitative estimate of drug-likeness (QED) is 0.103. The van der Waals surface area contributed by atoms with E-state index in [1.807, 2.05) is 66.8 Å². The van der Waals surface area contributed by atoms with Gasteiger partial charge in [0.25, 0.3) is 0 Å². The first-order valence-electron chi connectivity index (χ1n) is 14.3. The van der Waals surface area contributed by atoms with Gasteiger partial charge in [-0.05, 0) is 0 Å². The van der Waals surface area contributed by atoms with Crippen molar-refractivity contribution in [1.82, 2.24) is 0 Å². The molecule has 232 valence electrons. The first-order valence-corrected chi connectivity index (χ1v) is 20.3. The first-order chi connectivity index (χ1) is 21.8. The van der Waals surface area contributed by atoms with Gasteiger partial charge in [-0.1, -0.05) is 0 Å². The summed E-state index contributed by atoms with van der Waals surface area (Å²) in [5, 5.41) is 0. The van der Waals surface area contributed by atoms with Gasteiger partial charge in [-0.15, -0.1) is 0 Å². The molecule has 0 nitrogen and oxygen atoms in total. The van der Waals surface area contributed by atoms with Crippen LogP contribution in [0, 0.1) is 0 Å². The van der Waals surface area contributed by atoms with Crippen LogP contribution >= 0.6 is 11.8 Å². The van der Waals surface area contributed by atoms with Crippen molar-refractivity contribution in [2.45, 2.75) is 45.4 Å². The fourth-order valence-electron chi connectivity index (χ4n) is 5.52. The number of allylic oxidation sites excluding steroid dienone is 11. The molecule has 0 fully saturated rings. The minimum absolute atomic E-state index is 0.0844. The molecule has 0 unspecified atom stereocenters. The number of fused-ring (bicyclic) bond motifs is 1. The minimum atomic E-state index is -4.94. The van der Waals surface area contributed by atoms with Gasteiger partial charge >= 0.3 is 309 Å². The average Bonchev–Trinajstić information content (AvgIpc) is 3.01. The summed E-state index contributed by atoms with van der Waals surface area (Å²) in [7, 11) is 0. The number of hydrogen-bond donors (Lipinski definition) is 0. The zero-order chi connectivity index (χ0) is 33.1. The summed E-state index contributed by atoms with van der Waals surface area (Å²) in [5.41, 5.74) is 3.03. The molecule has 10 heteroatoms. The van der Waals surface area contributed by atoms with E-state index in [1.54, 1.807) is 11.8 Å². The van der Waals surface area contributed by atoms with E-state index in [0.29, 0.717) is 36.0 Å². The van der Waals surface area contributed by atoms with E-state index in [2.05, 4.69) is 30.8 Å². The van der Waals surface area contributed by atoms with Gasteiger partial charge in [0, 0.05) is 0 Å². The van der Waals surface area contributed by atoms with Crippen LogP contribution in [0.1, 0.15) is 47.1 Å². The molecular formula is C36H27F6Pb2S2+. The summed E-state index contributed by atoms with van der Waals surface area (Å²) in [5.74, 6) is 0. The van der Waals surface area contributed by atoms with E-state index in [0.717, 1.165) is 99.7 Å². The van der Waals surface area contributed by atoms with Crippen LogP contribution in [0.2, 0.25) is 3.98 Å². The van der Waals surface area contributed by atoms with E-state index in [1.165, 1.54) is 2.46 Å². The standard InChI is InChI=1S/C36H26F6S2.2Pb/c1-2-23(30-10-3-5-12-32(30)43)14-16-25-8-7-9-26(17-15-24-18-19-44-33-13-6-4-11-31(24)33)34(25)27-20-28(35(37,38)39)22-29(21-27)36(40,41)42;;/h2-6,10-18,20-22,43H,1,7-9H2;;/p+1/b16-14+,23-2-,24-15+,26-17+;;. The molecule has 0 atom stereocenters. The maximum absolute atomic E-state index is 14.0. The predicted octanol–water partition coefficient (Wildman–Crippen LogP) is 10.4. The number of halogens is 6. The fraction of sp³-hybridized carbons (Fsp3) is 0.167. The summed E-state index contributed by atoms with van der Waals surface area (Å²) in [6.45, 7) is 0. The molecular weight excluding hydrogens is 1020 g/mol. The summed E-state index contributed by atoms with van der Waals surface area (Å²) in [6.07, 6.45) is 3.71. The van der Waals surface area contributed by atoms with Crippen molar-refractivity contribution < 1.29 is 26.3 Å². The van der Waals surface area contributed by atoms with Crippen molar-refractivity contribution in [3.05, 3.63) is 145 Å². The monoisotopic (exact) mass is 1050 g/mol. The summed E-state index contributed by atoms with van der Waals surface area (Å²) in [4.78, 5) is 2.02. The Morgan fingerprint density at radius 3 is 2.22 bits per heavy atom. The third kappa shape index (κ3) is 8.62. The molecule has 46 heavy (non-hydrogen) atoms. The van der Waals surface area contributed by atoms with Crippen molar-refractivity contribution in [2.24, 2.45) is 0 Å². The second-order valence-electron chi connectivity index (χ2n) is 10.7. The second kappa shape index (κ2) is 15.2. The van der Waals surface area contributed by atoms with Crippen LogP contribution in [0.5, 0.6) is 0 Å². The van der Waals surface area contributed by atoms with Gasteiger partial charge in [-0.3, -0.25) is 0 Å². The zero-order valence-electron chi connectivity index (χ0n) is 24.3. The van der Waals surface area contributed by atoms with E-state index < -0.39 is 23.5 Å². The van der Waals surface area contributed by atoms with Gasteiger partial charge < -0.3 is 0 Å². The van der Waals surface area contributed by atoms with Crippen LogP contribution in [0.15, 0.2) is 127 Å². The Hall–Kier alpha value is -1.78. The van der Waals surface area contributed by atoms with Crippen LogP contribution in [-0.2, 0) is 25.0 Å². The Labute approximate surface area is 306 Å². The first kappa shape index (κ1) is 35.5. The molecule has 0 N–H and O–H groups in total. The molecule has 3 aromatic carbocycles. The Bertz CT molecular complexity index is 1790. The number of alkyl halides is 6. The topological polar surface area (TPSA) is 0 Å². The van der Waals surface area contributed by atoms with Crippen LogP contribution in [0.4, 0.5) is 26.3 Å². The Kier molecular flexibility index (Phi) is 11.7. The molecule has 0 saturated heterocycles. The van der Waals surface area contributed by atoms with Gasteiger partial charge in [0.15, 0.2) is 0 Å². The van der Waals surface area contributed by atoms with Gasteiger partial charge in [-0.2, -0.15) is 0 Å². The zero-order valence-corrected chi connectivity index (χ0v) is 33.9. The molecule has 1 heterocycles. The number of benzene rings is 3. The Balaban J connectivity index is 1.73. The number of thioether (sulfide) groups is 1. The third-order valence-corrected chi connectivity index (χ3v) is 11.5. The molecule has 6 radical (unpaired) electrons. The Morgan fingerprint density at radius 2 is 1.54 bits per heavy atom. The van der Waals surface area contributed by atoms with Gasteiger partial charge in [0.1, 0.15) is 0 Å². The molecule has 5 rings (SSSR count). The maximum atomic E-state index is 14.0. The van der Waals surface area contributed by atoms with Crippen molar-refractivity contribution in [1.29, 1.82) is 0 Å². The van der Waals surface area contributed by atoms with E-state index in [9.17, 15) is 26.3 Å². The summed E-state index contributed by atoms with van der Waals surface area (Å²) < 4.78 is 86.1. The molecule has 0 amide bonds. The Morgan fingerprint density at radius 1 is 0.870 bits per heavy atom. The number of rotatable bonds is 6. The summed E-state index contributed by atoms with van der Waals surface area (Å²) in [6, 6.07) is 17.7. The van der Waals surface area contributed by atoms with E-state index in [4.69, 9.17) is 0 Å².